The van der Waals surface area contributed by atoms with Crippen molar-refractivity contribution in [3.8, 4) is 0 Å². The molecule has 0 saturated carbocycles. The molecule has 0 radical (unpaired) electrons. The van der Waals surface area contributed by atoms with Crippen molar-refractivity contribution in [3.05, 3.63) is 28.8 Å². The van der Waals surface area contributed by atoms with Gasteiger partial charge in [0, 0.05) is 24.0 Å². The molecule has 1 saturated heterocycles. The fourth-order valence-electron chi connectivity index (χ4n) is 3.78. The summed E-state index contributed by atoms with van der Waals surface area (Å²) in [4.78, 5) is 50.2. The van der Waals surface area contributed by atoms with Crippen LogP contribution in [0.5, 0.6) is 0 Å². The number of carbonyl (C=O) groups excluding carboxylic acids is 3. The molecule has 28 heavy (non-hydrogen) atoms. The molecule has 1 fully saturated rings. The molecule has 2 aliphatic heterocycles. The molecule has 2 aliphatic rings. The number of aliphatic carboxylic acids is 1. The van der Waals surface area contributed by atoms with Gasteiger partial charge in [-0.3, -0.25) is 19.2 Å². The van der Waals surface area contributed by atoms with Crippen molar-refractivity contribution >= 4 is 41.0 Å². The van der Waals surface area contributed by atoms with E-state index in [0.29, 0.717) is 22.7 Å². The zero-order chi connectivity index (χ0) is 20.6. The van der Waals surface area contributed by atoms with Crippen molar-refractivity contribution in [2.24, 2.45) is 5.41 Å². The second kappa shape index (κ2) is 7.43. The third-order valence-corrected chi connectivity index (χ3v) is 5.20. The van der Waals surface area contributed by atoms with Crippen LogP contribution in [-0.4, -0.2) is 52.3 Å². The Labute approximate surface area is 167 Å². The Morgan fingerprint density at radius 2 is 2.04 bits per heavy atom. The predicted octanol–water partition coefficient (Wildman–Crippen LogP) is 1.88. The number of amides is 3. The van der Waals surface area contributed by atoms with E-state index >= 15 is 0 Å². The zero-order valence-electron chi connectivity index (χ0n) is 15.6. The standard InChI is InChI=1S/C19H22ClN3O5/c1-19(2,8-16(25)26)7-15(24)21-11-6-14-17(27)22-13-5-10(20)3-4-12(13)18(28)23(14)9-11/h3-5,11,14H,6-9H2,1-2H3,(H,21,24)(H,22,27)(H,25,26). The molecule has 150 valence electrons. The summed E-state index contributed by atoms with van der Waals surface area (Å²) < 4.78 is 0. The second-order valence-electron chi connectivity index (χ2n) is 8.06. The Bertz CT molecular complexity index is 854. The van der Waals surface area contributed by atoms with Gasteiger partial charge in [-0.25, -0.2) is 0 Å². The van der Waals surface area contributed by atoms with Gasteiger partial charge in [0.05, 0.1) is 17.7 Å². The van der Waals surface area contributed by atoms with Gasteiger partial charge < -0.3 is 20.6 Å². The molecule has 0 bridgehead atoms. The second-order valence-corrected chi connectivity index (χ2v) is 8.50. The van der Waals surface area contributed by atoms with Crippen LogP contribution in [-0.2, 0) is 14.4 Å². The summed E-state index contributed by atoms with van der Waals surface area (Å²) >= 11 is 5.95. The first-order chi connectivity index (χ1) is 13.1. The van der Waals surface area contributed by atoms with Crippen molar-refractivity contribution in [2.75, 3.05) is 11.9 Å². The van der Waals surface area contributed by atoms with Crippen LogP contribution in [0.1, 0.15) is 43.5 Å². The number of carboxylic acid groups (broad SMARTS) is 1. The quantitative estimate of drug-likeness (QED) is 0.689. The number of halogens is 1. The minimum atomic E-state index is -0.965. The highest BCUT2D eigenvalue weighted by molar-refractivity contribution is 6.31. The molecule has 0 aromatic heterocycles. The van der Waals surface area contributed by atoms with E-state index in [1.165, 1.54) is 4.90 Å². The highest BCUT2D eigenvalue weighted by atomic mass is 35.5. The average Bonchev–Trinajstić information content (AvgIpc) is 2.92. The molecule has 1 aromatic carbocycles. The van der Waals surface area contributed by atoms with E-state index in [1.807, 2.05) is 0 Å². The number of nitrogens with zero attached hydrogens (tertiary/aromatic N) is 1. The lowest BCUT2D eigenvalue weighted by molar-refractivity contribution is -0.139. The third kappa shape index (κ3) is 4.27. The normalized spacial score (nSPS) is 21.5. The summed E-state index contributed by atoms with van der Waals surface area (Å²) in [6.45, 7) is 3.63. The van der Waals surface area contributed by atoms with Gasteiger partial charge in [0.2, 0.25) is 11.8 Å². The number of hydrogen-bond acceptors (Lipinski definition) is 4. The van der Waals surface area contributed by atoms with E-state index in [4.69, 9.17) is 16.7 Å². The molecule has 3 rings (SSSR count). The predicted molar refractivity (Wildman–Crippen MR) is 102 cm³/mol. The van der Waals surface area contributed by atoms with Gasteiger partial charge in [-0.05, 0) is 30.0 Å². The number of hydrogen-bond donors (Lipinski definition) is 3. The van der Waals surface area contributed by atoms with E-state index in [0.717, 1.165) is 0 Å². The van der Waals surface area contributed by atoms with Gasteiger partial charge >= 0.3 is 5.97 Å². The van der Waals surface area contributed by atoms with Crippen LogP contribution in [0.2, 0.25) is 5.02 Å². The van der Waals surface area contributed by atoms with Crippen LogP contribution in [0.15, 0.2) is 18.2 Å². The Morgan fingerprint density at radius 1 is 1.32 bits per heavy atom. The topological polar surface area (TPSA) is 116 Å². The van der Waals surface area contributed by atoms with Gasteiger partial charge in [-0.2, -0.15) is 0 Å². The highest BCUT2D eigenvalue weighted by Gasteiger charge is 2.43. The van der Waals surface area contributed by atoms with Gasteiger partial charge in [-0.1, -0.05) is 25.4 Å². The van der Waals surface area contributed by atoms with Crippen LogP contribution >= 0.6 is 11.6 Å². The Balaban J connectivity index is 1.69. The lowest BCUT2D eigenvalue weighted by atomic mass is 9.85. The minimum absolute atomic E-state index is 0.0436. The average molecular weight is 408 g/mol. The summed E-state index contributed by atoms with van der Waals surface area (Å²) in [6, 6.07) is 3.64. The molecular formula is C19H22ClN3O5. The largest absolute Gasteiger partial charge is 0.481 e. The van der Waals surface area contributed by atoms with Crippen LogP contribution in [0, 0.1) is 5.41 Å². The molecule has 0 spiro atoms. The van der Waals surface area contributed by atoms with Crippen molar-refractivity contribution < 1.29 is 24.3 Å². The maximum absolute atomic E-state index is 12.9. The molecule has 9 heteroatoms. The first-order valence-corrected chi connectivity index (χ1v) is 9.36. The van der Waals surface area contributed by atoms with Gasteiger partial charge in [-0.15, -0.1) is 0 Å². The van der Waals surface area contributed by atoms with Gasteiger partial charge in [0.25, 0.3) is 5.91 Å². The molecule has 3 N–H and O–H groups in total. The number of fused-ring (bicyclic) bond motifs is 2. The smallest absolute Gasteiger partial charge is 0.303 e. The van der Waals surface area contributed by atoms with Crippen LogP contribution < -0.4 is 10.6 Å². The van der Waals surface area contributed by atoms with Crippen LogP contribution in [0.25, 0.3) is 0 Å². The molecular weight excluding hydrogens is 386 g/mol. The van der Waals surface area contributed by atoms with Gasteiger partial charge in [0.1, 0.15) is 6.04 Å². The maximum Gasteiger partial charge on any atom is 0.303 e. The summed E-state index contributed by atoms with van der Waals surface area (Å²) in [5, 5.41) is 14.9. The zero-order valence-corrected chi connectivity index (χ0v) is 16.4. The van der Waals surface area contributed by atoms with Crippen molar-refractivity contribution in [2.45, 2.75) is 45.2 Å². The Kier molecular flexibility index (Phi) is 5.34. The van der Waals surface area contributed by atoms with E-state index in [9.17, 15) is 19.2 Å². The number of anilines is 1. The van der Waals surface area contributed by atoms with E-state index < -0.39 is 17.4 Å². The van der Waals surface area contributed by atoms with Crippen LogP contribution in [0.4, 0.5) is 5.69 Å². The molecule has 8 nitrogen and oxygen atoms in total. The van der Waals surface area contributed by atoms with E-state index in [1.54, 1.807) is 32.0 Å². The summed E-state index contributed by atoms with van der Waals surface area (Å²) in [5.74, 6) is -1.88. The lowest BCUT2D eigenvalue weighted by Gasteiger charge is -2.23. The van der Waals surface area contributed by atoms with E-state index in [-0.39, 0.29) is 43.1 Å². The molecule has 2 atom stereocenters. The molecule has 2 unspecified atom stereocenters. The lowest BCUT2D eigenvalue weighted by Crippen LogP contribution is -2.41. The molecule has 0 aliphatic carbocycles. The summed E-state index contributed by atoms with van der Waals surface area (Å²) in [6.07, 6.45) is 0.215. The number of rotatable bonds is 5. The molecule has 1 aromatic rings. The first-order valence-electron chi connectivity index (χ1n) is 8.98. The fraction of sp³-hybridized carbons (Fsp3) is 0.474. The van der Waals surface area contributed by atoms with Gasteiger partial charge in [0.15, 0.2) is 0 Å². The Hall–Kier alpha value is -2.61. The van der Waals surface area contributed by atoms with Crippen molar-refractivity contribution in [1.29, 1.82) is 0 Å². The summed E-state index contributed by atoms with van der Waals surface area (Å²) in [5.41, 5.74) is 0.0486. The fourth-order valence-corrected chi connectivity index (χ4v) is 3.95. The first kappa shape index (κ1) is 20.1. The number of carbonyl (C=O) groups is 4. The summed E-state index contributed by atoms with van der Waals surface area (Å²) in [7, 11) is 0. The Morgan fingerprint density at radius 3 is 2.71 bits per heavy atom. The number of nitrogens with one attached hydrogen (secondary N) is 2. The molecule has 2 heterocycles. The van der Waals surface area contributed by atoms with Crippen molar-refractivity contribution in [1.82, 2.24) is 10.2 Å². The minimum Gasteiger partial charge on any atom is -0.481 e. The number of carboxylic acids is 1. The van der Waals surface area contributed by atoms with E-state index in [2.05, 4.69) is 10.6 Å². The highest BCUT2D eigenvalue weighted by Crippen LogP contribution is 2.31. The SMILES string of the molecule is CC(C)(CC(=O)O)CC(=O)NC1CC2C(=O)Nc3cc(Cl)ccc3C(=O)N2C1. The molecule has 3 amide bonds. The van der Waals surface area contributed by atoms with Crippen molar-refractivity contribution in [3.63, 3.8) is 0 Å². The van der Waals surface area contributed by atoms with Crippen LogP contribution in [0.3, 0.4) is 0 Å². The number of benzene rings is 1. The third-order valence-electron chi connectivity index (χ3n) is 4.97. The monoisotopic (exact) mass is 407 g/mol. The maximum atomic E-state index is 12.9.